The maximum atomic E-state index is 13.5. The number of hydrogen-bond donors (Lipinski definition) is 1. The van der Waals surface area contributed by atoms with Crippen LogP contribution in [0.15, 0.2) is 0 Å². The molecule has 1 saturated heterocycles. The zero-order valence-electron chi connectivity index (χ0n) is 20.6. The van der Waals surface area contributed by atoms with E-state index in [2.05, 4.69) is 11.8 Å². The number of Topliss-reactive ketones (excluding diaryl/α,β-unsaturated/α-hetero) is 1. The molecule has 182 valence electrons. The highest BCUT2D eigenvalue weighted by Crippen LogP contribution is 2.68. The molecule has 5 aliphatic rings. The number of hydrogen-bond acceptors (Lipinski definition) is 5. The van der Waals surface area contributed by atoms with Crippen LogP contribution >= 0.6 is 0 Å². The van der Waals surface area contributed by atoms with Gasteiger partial charge in [-0.05, 0) is 99.2 Å². The molecule has 1 heterocycles. The van der Waals surface area contributed by atoms with Gasteiger partial charge in [0.05, 0.1) is 32.0 Å². The summed E-state index contributed by atoms with van der Waals surface area (Å²) in [5, 5.41) is 10.8. The smallest absolute Gasteiger partial charge is 0.150 e. The number of rotatable bonds is 5. The van der Waals surface area contributed by atoms with E-state index in [0.717, 1.165) is 64.5 Å². The molecule has 1 N–H and O–H groups in total. The van der Waals surface area contributed by atoms with Crippen molar-refractivity contribution in [2.24, 2.45) is 40.4 Å². The Kier molecular flexibility index (Phi) is 6.27. The second-order valence-corrected chi connectivity index (χ2v) is 12.5. The van der Waals surface area contributed by atoms with Crippen molar-refractivity contribution in [1.29, 1.82) is 0 Å². The third kappa shape index (κ3) is 3.79. The summed E-state index contributed by atoms with van der Waals surface area (Å²) in [6.45, 7) is 9.28. The van der Waals surface area contributed by atoms with Gasteiger partial charge < -0.3 is 14.6 Å². The van der Waals surface area contributed by atoms with Crippen molar-refractivity contribution in [3.05, 3.63) is 0 Å². The van der Waals surface area contributed by atoms with Crippen LogP contribution in [0, 0.1) is 40.4 Å². The quantitative estimate of drug-likeness (QED) is 0.692. The minimum Gasteiger partial charge on any atom is -0.390 e. The lowest BCUT2D eigenvalue weighted by atomic mass is 9.43. The molecule has 0 aromatic heterocycles. The first-order chi connectivity index (χ1) is 15.3. The normalized spacial score (nSPS) is 49.2. The maximum Gasteiger partial charge on any atom is 0.150 e. The van der Waals surface area contributed by atoms with E-state index in [1.165, 1.54) is 32.1 Å². The standard InChI is InChI=1S/C27H45NO4/c1-25(30)10-11-27(18-31-3)19(16-25)4-5-20-21-6-7-23(26(21,2)9-8-22(20)27)24(29)17-28-12-14-32-15-13-28/h19-23,30H,4-18H2,1-3H3/t19-,20-,21-,22?,23+,25+,26-,27+/m0/s1. The van der Waals surface area contributed by atoms with E-state index < -0.39 is 5.60 Å². The number of aliphatic hydroxyl groups is 1. The van der Waals surface area contributed by atoms with Gasteiger partial charge in [-0.2, -0.15) is 0 Å². The van der Waals surface area contributed by atoms with Crippen LogP contribution in [0.4, 0.5) is 0 Å². The molecule has 0 radical (unpaired) electrons. The fraction of sp³-hybridized carbons (Fsp3) is 0.963. The van der Waals surface area contributed by atoms with Crippen LogP contribution in [0.5, 0.6) is 0 Å². The van der Waals surface area contributed by atoms with Gasteiger partial charge in [-0.1, -0.05) is 6.92 Å². The SMILES string of the molecule is COC[C@]12CC[C@@](C)(O)C[C@@H]1CC[C@@H]1C2CC[C@]2(C)[C@@H](C(=O)CN3CCOCC3)CC[C@@H]12. The summed E-state index contributed by atoms with van der Waals surface area (Å²) < 4.78 is 11.4. The predicted octanol–water partition coefficient (Wildman–Crippen LogP) is 3.92. The van der Waals surface area contributed by atoms with Gasteiger partial charge in [-0.3, -0.25) is 9.69 Å². The molecular formula is C27H45NO4. The average Bonchev–Trinajstić information content (AvgIpc) is 3.12. The number of fused-ring (bicyclic) bond motifs is 5. The largest absolute Gasteiger partial charge is 0.390 e. The lowest BCUT2D eigenvalue weighted by molar-refractivity contribution is -0.175. The molecule has 32 heavy (non-hydrogen) atoms. The molecule has 5 heteroatoms. The summed E-state index contributed by atoms with van der Waals surface area (Å²) in [5.74, 6) is 3.41. The second kappa shape index (κ2) is 8.62. The van der Waals surface area contributed by atoms with Crippen LogP contribution < -0.4 is 0 Å². The van der Waals surface area contributed by atoms with E-state index in [9.17, 15) is 9.90 Å². The highest BCUT2D eigenvalue weighted by Gasteiger charge is 2.63. The molecule has 0 amide bonds. The van der Waals surface area contributed by atoms with E-state index in [-0.39, 0.29) is 16.7 Å². The number of ether oxygens (including phenoxy) is 2. The van der Waals surface area contributed by atoms with Crippen molar-refractivity contribution in [1.82, 2.24) is 4.90 Å². The highest BCUT2D eigenvalue weighted by atomic mass is 16.5. The molecule has 0 aromatic rings. The maximum absolute atomic E-state index is 13.5. The number of carbonyl (C=O) groups is 1. The topological polar surface area (TPSA) is 59.0 Å². The van der Waals surface area contributed by atoms with E-state index in [1.54, 1.807) is 0 Å². The summed E-state index contributed by atoms with van der Waals surface area (Å²) in [4.78, 5) is 15.8. The molecule has 4 aliphatic carbocycles. The molecule has 0 bridgehead atoms. The number of methoxy groups -OCH3 is 1. The van der Waals surface area contributed by atoms with Crippen molar-refractivity contribution >= 4 is 5.78 Å². The van der Waals surface area contributed by atoms with E-state index in [4.69, 9.17) is 9.47 Å². The summed E-state index contributed by atoms with van der Waals surface area (Å²) in [6.07, 6.45) is 10.2. The van der Waals surface area contributed by atoms with Gasteiger partial charge in [0, 0.05) is 26.1 Å². The number of morpholine rings is 1. The fourth-order valence-electron chi connectivity index (χ4n) is 9.40. The number of carbonyl (C=O) groups excluding carboxylic acids is 1. The predicted molar refractivity (Wildman–Crippen MR) is 124 cm³/mol. The molecule has 1 unspecified atom stereocenters. The van der Waals surface area contributed by atoms with Crippen LogP contribution in [-0.4, -0.2) is 68.0 Å². The zero-order valence-corrected chi connectivity index (χ0v) is 20.6. The van der Waals surface area contributed by atoms with E-state index in [1.807, 2.05) is 14.0 Å². The Morgan fingerprint density at radius 1 is 1.03 bits per heavy atom. The third-order valence-electron chi connectivity index (χ3n) is 10.9. The van der Waals surface area contributed by atoms with Crippen molar-refractivity contribution in [3.8, 4) is 0 Å². The lowest BCUT2D eigenvalue weighted by Gasteiger charge is -2.62. The molecule has 0 aromatic carbocycles. The minimum absolute atomic E-state index is 0.172. The Hall–Kier alpha value is -0.490. The summed E-state index contributed by atoms with van der Waals surface area (Å²) in [7, 11) is 1.87. The van der Waals surface area contributed by atoms with Crippen molar-refractivity contribution < 1.29 is 19.4 Å². The Balaban J connectivity index is 1.34. The summed E-state index contributed by atoms with van der Waals surface area (Å²) in [6, 6.07) is 0. The van der Waals surface area contributed by atoms with Gasteiger partial charge in [0.25, 0.3) is 0 Å². The van der Waals surface area contributed by atoms with E-state index in [0.29, 0.717) is 30.1 Å². The number of nitrogens with zero attached hydrogens (tertiary/aromatic N) is 1. The van der Waals surface area contributed by atoms with Gasteiger partial charge in [-0.15, -0.1) is 0 Å². The van der Waals surface area contributed by atoms with Crippen LogP contribution in [0.3, 0.4) is 0 Å². The molecule has 5 rings (SSSR count). The summed E-state index contributed by atoms with van der Waals surface area (Å²) >= 11 is 0. The van der Waals surface area contributed by atoms with Gasteiger partial charge in [0.2, 0.25) is 0 Å². The first-order valence-electron chi connectivity index (χ1n) is 13.3. The monoisotopic (exact) mass is 447 g/mol. The second-order valence-electron chi connectivity index (χ2n) is 12.5. The molecule has 4 saturated carbocycles. The van der Waals surface area contributed by atoms with Gasteiger partial charge in [0.15, 0.2) is 0 Å². The zero-order chi connectivity index (χ0) is 22.6. The van der Waals surface area contributed by atoms with Crippen LogP contribution in [0.2, 0.25) is 0 Å². The van der Waals surface area contributed by atoms with Crippen molar-refractivity contribution in [3.63, 3.8) is 0 Å². The Bertz CT molecular complexity index is 704. The molecule has 5 nitrogen and oxygen atoms in total. The van der Waals surface area contributed by atoms with Gasteiger partial charge in [-0.25, -0.2) is 0 Å². The molecule has 0 spiro atoms. The minimum atomic E-state index is -0.512. The first kappa shape index (κ1) is 23.3. The lowest BCUT2D eigenvalue weighted by Crippen LogP contribution is -2.58. The number of ketones is 1. The van der Waals surface area contributed by atoms with Crippen LogP contribution in [-0.2, 0) is 14.3 Å². The van der Waals surface area contributed by atoms with Crippen LogP contribution in [0.25, 0.3) is 0 Å². The van der Waals surface area contributed by atoms with E-state index >= 15 is 0 Å². The molecule has 5 fully saturated rings. The fourth-order valence-corrected chi connectivity index (χ4v) is 9.40. The van der Waals surface area contributed by atoms with Crippen molar-refractivity contribution in [2.75, 3.05) is 46.6 Å². The van der Waals surface area contributed by atoms with Crippen molar-refractivity contribution in [2.45, 2.75) is 77.2 Å². The Morgan fingerprint density at radius 3 is 2.56 bits per heavy atom. The molecule has 8 atom stereocenters. The average molecular weight is 448 g/mol. The Labute approximate surface area is 194 Å². The Morgan fingerprint density at radius 2 is 1.81 bits per heavy atom. The van der Waals surface area contributed by atoms with Gasteiger partial charge >= 0.3 is 0 Å². The third-order valence-corrected chi connectivity index (χ3v) is 10.9. The highest BCUT2D eigenvalue weighted by molar-refractivity contribution is 5.84. The summed E-state index contributed by atoms with van der Waals surface area (Å²) in [5.41, 5.74) is -0.106. The first-order valence-corrected chi connectivity index (χ1v) is 13.3. The van der Waals surface area contributed by atoms with Gasteiger partial charge in [0.1, 0.15) is 5.78 Å². The molecular weight excluding hydrogens is 402 g/mol. The molecule has 1 aliphatic heterocycles. The van der Waals surface area contributed by atoms with Crippen LogP contribution in [0.1, 0.15) is 71.6 Å².